The van der Waals surface area contributed by atoms with Crippen molar-refractivity contribution in [3.8, 4) is 5.75 Å². The number of hydrogen-bond acceptors (Lipinski definition) is 5. The molecule has 40 heavy (non-hydrogen) atoms. The second-order valence-electron chi connectivity index (χ2n) is 9.93. The van der Waals surface area contributed by atoms with Crippen molar-refractivity contribution < 1.29 is 22.7 Å². The molecule has 2 amide bonds. The van der Waals surface area contributed by atoms with Gasteiger partial charge in [-0.3, -0.25) is 9.59 Å². The highest BCUT2D eigenvalue weighted by atomic mass is 35.5. The number of nitrogens with one attached hydrogen (secondary N) is 2. The Morgan fingerprint density at radius 1 is 0.950 bits per heavy atom. The van der Waals surface area contributed by atoms with Crippen molar-refractivity contribution in [2.45, 2.75) is 62.7 Å². The van der Waals surface area contributed by atoms with Crippen LogP contribution in [-0.2, 0) is 39.1 Å². The number of carbonyl (C=O) groups excluding carboxylic acids is 2. The van der Waals surface area contributed by atoms with Crippen LogP contribution in [0.15, 0.2) is 77.7 Å². The van der Waals surface area contributed by atoms with Gasteiger partial charge in [0.1, 0.15) is 11.8 Å². The van der Waals surface area contributed by atoms with Gasteiger partial charge in [-0.15, -0.1) is 0 Å². The third-order valence-corrected chi connectivity index (χ3v) is 8.61. The lowest BCUT2D eigenvalue weighted by Crippen LogP contribution is -2.47. The number of aryl methyl sites for hydroxylation is 1. The van der Waals surface area contributed by atoms with Crippen molar-refractivity contribution in [3.63, 3.8) is 0 Å². The SMILES string of the molecule is COc1ccc(CN(C(=O)CCc2ccc(S(=O)(=O)NC3CC3)cc2)[C@H](C)C(=O)NCc2ccc(Cl)cc2)cc1. The van der Waals surface area contributed by atoms with E-state index in [-0.39, 0.29) is 35.7 Å². The summed E-state index contributed by atoms with van der Waals surface area (Å²) in [6, 6.07) is 20.5. The van der Waals surface area contributed by atoms with E-state index in [0.717, 1.165) is 29.5 Å². The van der Waals surface area contributed by atoms with Crippen molar-refractivity contribution >= 4 is 33.4 Å². The fourth-order valence-corrected chi connectivity index (χ4v) is 5.60. The van der Waals surface area contributed by atoms with Gasteiger partial charge in [-0.2, -0.15) is 0 Å². The van der Waals surface area contributed by atoms with Crippen LogP contribution in [0.5, 0.6) is 5.75 Å². The Balaban J connectivity index is 1.42. The largest absolute Gasteiger partial charge is 0.497 e. The Kier molecular flexibility index (Phi) is 9.84. The summed E-state index contributed by atoms with van der Waals surface area (Å²) in [6.07, 6.45) is 2.30. The average molecular weight is 584 g/mol. The van der Waals surface area contributed by atoms with Crippen LogP contribution in [0.2, 0.25) is 5.02 Å². The second kappa shape index (κ2) is 13.3. The standard InChI is InChI=1S/C30H34ClN3O5S/c1-21(30(36)32-19-23-3-10-25(31)11-4-23)34(20-24-5-14-27(39-2)15-6-24)29(35)18-9-22-7-16-28(17-8-22)40(37,38)33-26-12-13-26/h3-8,10-11,14-17,21,26,33H,9,12-13,18-20H2,1-2H3,(H,32,36)/t21-/m1/s1. The van der Waals surface area contributed by atoms with E-state index < -0.39 is 16.1 Å². The van der Waals surface area contributed by atoms with Gasteiger partial charge in [0.15, 0.2) is 0 Å². The van der Waals surface area contributed by atoms with Gasteiger partial charge in [0.05, 0.1) is 12.0 Å². The van der Waals surface area contributed by atoms with Crippen LogP contribution in [0.4, 0.5) is 0 Å². The summed E-state index contributed by atoms with van der Waals surface area (Å²) in [6.45, 7) is 2.28. The number of ether oxygens (including phenoxy) is 1. The number of carbonyl (C=O) groups is 2. The molecule has 0 bridgehead atoms. The van der Waals surface area contributed by atoms with E-state index in [2.05, 4.69) is 10.0 Å². The minimum atomic E-state index is -3.53. The lowest BCUT2D eigenvalue weighted by Gasteiger charge is -2.29. The molecule has 212 valence electrons. The fraction of sp³-hybridized carbons (Fsp3) is 0.333. The van der Waals surface area contributed by atoms with Crippen LogP contribution in [0.25, 0.3) is 0 Å². The summed E-state index contributed by atoms with van der Waals surface area (Å²) in [5, 5.41) is 3.53. The quantitative estimate of drug-likeness (QED) is 0.309. The Bertz CT molecular complexity index is 1410. The zero-order valence-electron chi connectivity index (χ0n) is 22.6. The first kappa shape index (κ1) is 29.6. The molecular formula is C30H34ClN3O5S. The van der Waals surface area contributed by atoms with Crippen LogP contribution < -0.4 is 14.8 Å². The molecule has 1 aliphatic rings. The number of benzene rings is 3. The molecule has 3 aromatic carbocycles. The molecule has 1 atom stereocenters. The van der Waals surface area contributed by atoms with Gasteiger partial charge in [-0.25, -0.2) is 13.1 Å². The van der Waals surface area contributed by atoms with E-state index in [1.807, 2.05) is 36.4 Å². The minimum Gasteiger partial charge on any atom is -0.497 e. The van der Waals surface area contributed by atoms with E-state index in [1.54, 1.807) is 55.3 Å². The van der Waals surface area contributed by atoms with Crippen molar-refractivity contribution in [1.29, 1.82) is 0 Å². The van der Waals surface area contributed by atoms with E-state index in [9.17, 15) is 18.0 Å². The summed E-state index contributed by atoms with van der Waals surface area (Å²) < 4.78 is 32.8. The van der Waals surface area contributed by atoms with Gasteiger partial charge in [0.25, 0.3) is 0 Å². The molecule has 3 aromatic rings. The van der Waals surface area contributed by atoms with E-state index in [1.165, 1.54) is 0 Å². The first-order valence-electron chi connectivity index (χ1n) is 13.2. The summed E-state index contributed by atoms with van der Waals surface area (Å²) in [5.41, 5.74) is 2.60. The average Bonchev–Trinajstić information content (AvgIpc) is 3.77. The Labute approximate surface area is 240 Å². The lowest BCUT2D eigenvalue weighted by molar-refractivity contribution is -0.140. The number of hydrogen-bond donors (Lipinski definition) is 2. The molecule has 0 radical (unpaired) electrons. The topological polar surface area (TPSA) is 105 Å². The molecule has 0 aromatic heterocycles. The summed E-state index contributed by atoms with van der Waals surface area (Å²) in [4.78, 5) is 28.3. The number of methoxy groups -OCH3 is 1. The fourth-order valence-electron chi connectivity index (χ4n) is 4.17. The van der Waals surface area contributed by atoms with Crippen LogP contribution in [0, 0.1) is 0 Å². The van der Waals surface area contributed by atoms with Gasteiger partial charge < -0.3 is 15.0 Å². The Hall–Kier alpha value is -3.40. The van der Waals surface area contributed by atoms with Gasteiger partial charge in [-0.05, 0) is 79.3 Å². The molecule has 2 N–H and O–H groups in total. The van der Waals surface area contributed by atoms with Crippen molar-refractivity contribution in [1.82, 2.24) is 14.9 Å². The van der Waals surface area contributed by atoms with Crippen LogP contribution >= 0.6 is 11.6 Å². The molecule has 4 rings (SSSR count). The minimum absolute atomic E-state index is 0.0318. The Morgan fingerprint density at radius 2 is 1.55 bits per heavy atom. The van der Waals surface area contributed by atoms with Gasteiger partial charge >= 0.3 is 0 Å². The summed E-state index contributed by atoms with van der Waals surface area (Å²) in [7, 11) is -1.95. The van der Waals surface area contributed by atoms with Gasteiger partial charge in [0, 0.05) is 30.6 Å². The number of rotatable bonds is 13. The normalized spacial score (nSPS) is 13.9. The van der Waals surface area contributed by atoms with Crippen LogP contribution in [0.3, 0.4) is 0 Å². The predicted octanol–water partition coefficient (Wildman–Crippen LogP) is 4.46. The maximum absolute atomic E-state index is 13.5. The lowest BCUT2D eigenvalue weighted by atomic mass is 10.1. The first-order valence-corrected chi connectivity index (χ1v) is 15.1. The van der Waals surface area contributed by atoms with E-state index in [0.29, 0.717) is 23.7 Å². The maximum atomic E-state index is 13.5. The van der Waals surface area contributed by atoms with Crippen molar-refractivity contribution in [3.05, 3.63) is 94.5 Å². The molecule has 0 spiro atoms. The third kappa shape index (κ3) is 8.30. The third-order valence-electron chi connectivity index (χ3n) is 6.82. The van der Waals surface area contributed by atoms with Crippen molar-refractivity contribution in [2.75, 3.05) is 7.11 Å². The molecule has 8 nitrogen and oxygen atoms in total. The zero-order chi connectivity index (χ0) is 28.7. The van der Waals surface area contributed by atoms with Crippen molar-refractivity contribution in [2.24, 2.45) is 0 Å². The van der Waals surface area contributed by atoms with E-state index in [4.69, 9.17) is 16.3 Å². The first-order chi connectivity index (χ1) is 19.1. The zero-order valence-corrected chi connectivity index (χ0v) is 24.2. The molecule has 1 saturated carbocycles. The number of nitrogens with zero attached hydrogens (tertiary/aromatic N) is 1. The monoisotopic (exact) mass is 583 g/mol. The van der Waals surface area contributed by atoms with Crippen LogP contribution in [-0.4, -0.2) is 44.3 Å². The smallest absolute Gasteiger partial charge is 0.242 e. The molecule has 1 fully saturated rings. The summed E-state index contributed by atoms with van der Waals surface area (Å²) >= 11 is 5.95. The molecule has 10 heteroatoms. The Morgan fingerprint density at radius 3 is 2.15 bits per heavy atom. The molecule has 1 aliphatic carbocycles. The maximum Gasteiger partial charge on any atom is 0.242 e. The highest BCUT2D eigenvalue weighted by Crippen LogP contribution is 2.23. The summed E-state index contributed by atoms with van der Waals surface area (Å²) in [5.74, 6) is 0.250. The number of amides is 2. The highest BCUT2D eigenvalue weighted by molar-refractivity contribution is 7.89. The second-order valence-corrected chi connectivity index (χ2v) is 12.1. The predicted molar refractivity (Wildman–Crippen MR) is 154 cm³/mol. The van der Waals surface area contributed by atoms with E-state index >= 15 is 0 Å². The van der Waals surface area contributed by atoms with Gasteiger partial charge in [0.2, 0.25) is 21.8 Å². The van der Waals surface area contributed by atoms with Gasteiger partial charge in [-0.1, -0.05) is 48.0 Å². The highest BCUT2D eigenvalue weighted by Gasteiger charge is 2.28. The number of halogens is 1. The van der Waals surface area contributed by atoms with Crippen LogP contribution in [0.1, 0.15) is 42.9 Å². The molecule has 0 saturated heterocycles. The molecule has 0 heterocycles. The molecule has 0 unspecified atom stereocenters. The number of sulfonamides is 1. The molecular weight excluding hydrogens is 550 g/mol. The molecule has 0 aliphatic heterocycles.